The third-order valence-electron chi connectivity index (χ3n) is 5.07. The molecule has 3 aromatic rings. The molecule has 1 aromatic heterocycles. The van der Waals surface area contributed by atoms with Gasteiger partial charge in [-0.25, -0.2) is 8.42 Å². The van der Waals surface area contributed by atoms with Gasteiger partial charge < -0.3 is 5.32 Å². The summed E-state index contributed by atoms with van der Waals surface area (Å²) in [6, 6.07) is 11.7. The van der Waals surface area contributed by atoms with Gasteiger partial charge in [0.05, 0.1) is 16.1 Å². The van der Waals surface area contributed by atoms with E-state index in [2.05, 4.69) is 10.3 Å². The molecule has 0 radical (unpaired) electrons. The van der Waals surface area contributed by atoms with Crippen LogP contribution in [0.3, 0.4) is 0 Å². The topological polar surface area (TPSA) is 79.4 Å². The number of carbonyl (C=O) groups is 1. The molecule has 1 N–H and O–H groups in total. The molecule has 1 saturated heterocycles. The second-order valence-electron chi connectivity index (χ2n) is 7.07. The Morgan fingerprint density at radius 2 is 1.90 bits per heavy atom. The number of hydrogen-bond acceptors (Lipinski definition) is 4. The van der Waals surface area contributed by atoms with E-state index in [1.54, 1.807) is 43.5 Å². The van der Waals surface area contributed by atoms with Gasteiger partial charge in [-0.3, -0.25) is 9.78 Å². The van der Waals surface area contributed by atoms with E-state index in [1.165, 1.54) is 10.4 Å². The van der Waals surface area contributed by atoms with Crippen molar-refractivity contribution in [2.45, 2.75) is 24.7 Å². The maximum absolute atomic E-state index is 13.0. The average Bonchev–Trinajstić information content (AvgIpc) is 3.23. The lowest BCUT2D eigenvalue weighted by atomic mass is 10.1. The number of benzene rings is 2. The van der Waals surface area contributed by atoms with Gasteiger partial charge in [-0.05, 0) is 55.7 Å². The van der Waals surface area contributed by atoms with Crippen LogP contribution in [-0.4, -0.2) is 36.7 Å². The molecule has 1 aliphatic heterocycles. The molecule has 1 amide bonds. The molecule has 0 atom stereocenters. The van der Waals surface area contributed by atoms with E-state index < -0.39 is 15.9 Å². The molecule has 29 heavy (non-hydrogen) atoms. The van der Waals surface area contributed by atoms with Crippen LogP contribution in [0, 0.1) is 6.92 Å². The quantitative estimate of drug-likeness (QED) is 0.672. The number of carbonyl (C=O) groups excluding carboxylic acids is 1. The third-order valence-corrected chi connectivity index (χ3v) is 7.19. The number of sulfonamides is 1. The Morgan fingerprint density at radius 1 is 1.14 bits per heavy atom. The van der Waals surface area contributed by atoms with Gasteiger partial charge in [0.15, 0.2) is 0 Å². The zero-order valence-electron chi connectivity index (χ0n) is 15.9. The largest absolute Gasteiger partial charge is 0.320 e. The van der Waals surface area contributed by atoms with Gasteiger partial charge in [-0.2, -0.15) is 4.31 Å². The highest BCUT2D eigenvalue weighted by atomic mass is 35.5. The molecule has 4 rings (SSSR count). The van der Waals surface area contributed by atoms with Crippen molar-refractivity contribution in [1.29, 1.82) is 0 Å². The minimum absolute atomic E-state index is 0.129. The number of hydrogen-bond donors (Lipinski definition) is 1. The third kappa shape index (κ3) is 3.85. The fourth-order valence-electron chi connectivity index (χ4n) is 3.52. The second-order valence-corrected chi connectivity index (χ2v) is 9.44. The number of halogens is 1. The van der Waals surface area contributed by atoms with Crippen LogP contribution in [0.25, 0.3) is 10.9 Å². The van der Waals surface area contributed by atoms with Crippen molar-refractivity contribution in [3.8, 4) is 0 Å². The van der Waals surface area contributed by atoms with Gasteiger partial charge in [0.25, 0.3) is 5.91 Å². The van der Waals surface area contributed by atoms with Gasteiger partial charge in [0.2, 0.25) is 10.0 Å². The van der Waals surface area contributed by atoms with Gasteiger partial charge in [0, 0.05) is 35.3 Å². The van der Waals surface area contributed by atoms with Crippen LogP contribution in [0.5, 0.6) is 0 Å². The van der Waals surface area contributed by atoms with Gasteiger partial charge in [-0.15, -0.1) is 0 Å². The molecular formula is C21H20ClN3O3S. The Balaban J connectivity index is 1.70. The Kier molecular flexibility index (Phi) is 5.29. The van der Waals surface area contributed by atoms with Crippen LogP contribution in [0.2, 0.25) is 5.02 Å². The summed E-state index contributed by atoms with van der Waals surface area (Å²) in [7, 11) is -3.61. The first kappa shape index (κ1) is 19.8. The number of fused-ring (bicyclic) bond motifs is 1. The van der Waals surface area contributed by atoms with Crippen LogP contribution < -0.4 is 5.32 Å². The molecule has 150 valence electrons. The molecule has 2 aromatic carbocycles. The van der Waals surface area contributed by atoms with E-state index in [0.29, 0.717) is 40.4 Å². The number of nitrogens with one attached hydrogen (secondary N) is 1. The Hall–Kier alpha value is -2.48. The summed E-state index contributed by atoms with van der Waals surface area (Å²) in [5.41, 5.74) is 2.07. The van der Waals surface area contributed by atoms with E-state index in [1.807, 2.05) is 6.07 Å². The van der Waals surface area contributed by atoms with Crippen molar-refractivity contribution in [1.82, 2.24) is 9.29 Å². The first-order valence-electron chi connectivity index (χ1n) is 9.33. The fourth-order valence-corrected chi connectivity index (χ4v) is 5.29. The molecule has 0 bridgehead atoms. The van der Waals surface area contributed by atoms with Crippen LogP contribution in [0.15, 0.2) is 53.6 Å². The van der Waals surface area contributed by atoms with E-state index >= 15 is 0 Å². The van der Waals surface area contributed by atoms with Crippen LogP contribution in [0.4, 0.5) is 5.69 Å². The lowest BCUT2D eigenvalue weighted by Crippen LogP contribution is -2.28. The van der Waals surface area contributed by atoms with Crippen molar-refractivity contribution in [2.24, 2.45) is 0 Å². The van der Waals surface area contributed by atoms with Crippen molar-refractivity contribution in [2.75, 3.05) is 18.4 Å². The highest BCUT2D eigenvalue weighted by Gasteiger charge is 2.28. The fraction of sp³-hybridized carbons (Fsp3) is 0.238. The molecule has 1 aliphatic rings. The van der Waals surface area contributed by atoms with Gasteiger partial charge in [-0.1, -0.05) is 23.7 Å². The molecule has 2 heterocycles. The number of pyridine rings is 1. The molecule has 0 unspecified atom stereocenters. The van der Waals surface area contributed by atoms with Crippen LogP contribution in [-0.2, 0) is 10.0 Å². The highest BCUT2D eigenvalue weighted by Crippen LogP contribution is 2.28. The summed E-state index contributed by atoms with van der Waals surface area (Å²) in [6.45, 7) is 2.80. The second kappa shape index (κ2) is 7.74. The zero-order chi connectivity index (χ0) is 20.6. The van der Waals surface area contributed by atoms with Crippen molar-refractivity contribution in [3.63, 3.8) is 0 Å². The van der Waals surface area contributed by atoms with E-state index in [9.17, 15) is 13.2 Å². The molecule has 6 nitrogen and oxygen atoms in total. The number of aryl methyl sites for hydroxylation is 1. The molecule has 0 spiro atoms. The maximum atomic E-state index is 13.0. The highest BCUT2D eigenvalue weighted by molar-refractivity contribution is 7.89. The maximum Gasteiger partial charge on any atom is 0.256 e. The predicted octanol–water partition coefficient (Wildman–Crippen LogP) is 4.23. The molecule has 1 fully saturated rings. The Morgan fingerprint density at radius 3 is 2.66 bits per heavy atom. The smallest absolute Gasteiger partial charge is 0.256 e. The molecule has 0 aliphatic carbocycles. The summed E-state index contributed by atoms with van der Waals surface area (Å²) < 4.78 is 27.2. The first-order valence-corrected chi connectivity index (χ1v) is 11.1. The van der Waals surface area contributed by atoms with Crippen molar-refractivity contribution in [3.05, 3.63) is 64.8 Å². The minimum atomic E-state index is -3.61. The number of anilines is 1. The van der Waals surface area contributed by atoms with Crippen LogP contribution >= 0.6 is 11.6 Å². The lowest BCUT2D eigenvalue weighted by molar-refractivity contribution is 0.102. The summed E-state index contributed by atoms with van der Waals surface area (Å²) >= 11 is 6.18. The minimum Gasteiger partial charge on any atom is -0.320 e. The molecular weight excluding hydrogens is 410 g/mol. The lowest BCUT2D eigenvalue weighted by Gasteiger charge is -2.17. The summed E-state index contributed by atoms with van der Waals surface area (Å²) in [6.07, 6.45) is 3.35. The van der Waals surface area contributed by atoms with Crippen molar-refractivity contribution >= 4 is 44.1 Å². The number of nitrogens with zero attached hydrogens (tertiary/aromatic N) is 2. The normalized spacial score (nSPS) is 15.0. The van der Waals surface area contributed by atoms with Gasteiger partial charge >= 0.3 is 0 Å². The molecule has 8 heteroatoms. The van der Waals surface area contributed by atoms with Gasteiger partial charge in [0.1, 0.15) is 0 Å². The van der Waals surface area contributed by atoms with Crippen molar-refractivity contribution < 1.29 is 13.2 Å². The Bertz CT molecular complexity index is 1210. The SMILES string of the molecule is Cc1ccc(S(=O)(=O)N2CCCC2)cc1C(=O)Nc1cc(Cl)cc2cccnc12. The van der Waals surface area contributed by atoms with E-state index in [4.69, 9.17) is 11.6 Å². The summed E-state index contributed by atoms with van der Waals surface area (Å²) in [5, 5.41) is 4.11. The van der Waals surface area contributed by atoms with E-state index in [0.717, 1.165) is 18.2 Å². The number of rotatable bonds is 4. The monoisotopic (exact) mass is 429 g/mol. The zero-order valence-corrected chi connectivity index (χ0v) is 17.4. The number of aromatic nitrogens is 1. The van der Waals surface area contributed by atoms with E-state index in [-0.39, 0.29) is 4.90 Å². The first-order chi connectivity index (χ1) is 13.9. The summed E-state index contributed by atoms with van der Waals surface area (Å²) in [5.74, 6) is -0.407. The Labute approximate surface area is 174 Å². The molecule has 0 saturated carbocycles. The predicted molar refractivity (Wildman–Crippen MR) is 114 cm³/mol. The summed E-state index contributed by atoms with van der Waals surface area (Å²) in [4.78, 5) is 17.5. The average molecular weight is 430 g/mol. The number of amides is 1. The standard InChI is InChI=1S/C21H20ClN3O3S/c1-14-6-7-17(29(27,28)25-9-2-3-10-25)13-18(14)21(26)24-19-12-16(22)11-15-5-4-8-23-20(15)19/h4-8,11-13H,2-3,9-10H2,1H3,(H,24,26). The van der Waals surface area contributed by atoms with Crippen LogP contribution in [0.1, 0.15) is 28.8 Å².